The van der Waals surface area contributed by atoms with Crippen LogP contribution in [0.1, 0.15) is 155 Å². The molecule has 156 valence electrons. The highest BCUT2D eigenvalue weighted by atomic mass is 14.0. The van der Waals surface area contributed by atoms with Crippen molar-refractivity contribution < 1.29 is 0 Å². The van der Waals surface area contributed by atoms with E-state index in [0.29, 0.717) is 0 Å². The molecule has 0 radical (unpaired) electrons. The maximum atomic E-state index is 2.44. The molecule has 0 saturated carbocycles. The maximum absolute atomic E-state index is 2.44. The van der Waals surface area contributed by atoms with Crippen LogP contribution >= 0.6 is 0 Å². The van der Waals surface area contributed by atoms with Crippen LogP contribution in [0.25, 0.3) is 0 Å². The maximum Gasteiger partial charge on any atom is -0.0351 e. The summed E-state index contributed by atoms with van der Waals surface area (Å²) >= 11 is 0. The van der Waals surface area contributed by atoms with Crippen LogP contribution < -0.4 is 0 Å². The molecule has 0 atom stereocenters. The predicted molar refractivity (Wildman–Crippen MR) is 122 cm³/mol. The highest BCUT2D eigenvalue weighted by molar-refractivity contribution is 4.81. The van der Waals surface area contributed by atoms with E-state index in [1.54, 1.807) is 0 Å². The summed E-state index contributed by atoms with van der Waals surface area (Å²) in [5.41, 5.74) is 0. The summed E-state index contributed by atoms with van der Waals surface area (Å²) in [6, 6.07) is 0. The molecule has 0 aliphatic carbocycles. The lowest BCUT2D eigenvalue weighted by atomic mass is 10.0. The van der Waals surface area contributed by atoms with Gasteiger partial charge in [-0.2, -0.15) is 0 Å². The van der Waals surface area contributed by atoms with Gasteiger partial charge in [-0.1, -0.05) is 142 Å². The van der Waals surface area contributed by atoms with Gasteiger partial charge < -0.3 is 0 Å². The summed E-state index contributed by atoms with van der Waals surface area (Å²) in [4.78, 5) is 0. The lowest BCUT2D eigenvalue weighted by molar-refractivity contribution is 0.536. The zero-order valence-electron chi connectivity index (χ0n) is 18.7. The van der Waals surface area contributed by atoms with Gasteiger partial charge in [0.2, 0.25) is 0 Å². The Balaban J connectivity index is 3.03. The lowest BCUT2D eigenvalue weighted by Crippen LogP contribution is -1.83. The van der Waals surface area contributed by atoms with Crippen LogP contribution in [0.3, 0.4) is 0 Å². The van der Waals surface area contributed by atoms with Crippen molar-refractivity contribution in [3.8, 4) is 0 Å². The van der Waals surface area contributed by atoms with Crippen LogP contribution in [0.2, 0.25) is 0 Å². The average molecular weight is 365 g/mol. The molecular weight excluding hydrogens is 312 g/mol. The standard InChI is InChI=1S/C26H52/c1-3-5-7-9-11-13-15-17-19-21-23-25-26-24-22-20-18-16-14-12-10-8-6-4-2/h17,19H,3-16,18,20-26H2,1-2H3/b19-17-. The summed E-state index contributed by atoms with van der Waals surface area (Å²) in [6.45, 7) is 4.59. The fraction of sp³-hybridized carbons (Fsp3) is 0.923. The van der Waals surface area contributed by atoms with E-state index in [9.17, 15) is 0 Å². The van der Waals surface area contributed by atoms with E-state index in [2.05, 4.69) is 26.0 Å². The number of hydrogen-bond acceptors (Lipinski definition) is 0. The molecule has 0 aromatic carbocycles. The van der Waals surface area contributed by atoms with E-state index in [-0.39, 0.29) is 0 Å². The molecule has 0 N–H and O–H groups in total. The Morgan fingerprint density at radius 1 is 0.308 bits per heavy atom. The molecule has 0 aliphatic heterocycles. The van der Waals surface area contributed by atoms with E-state index < -0.39 is 0 Å². The summed E-state index contributed by atoms with van der Waals surface area (Å²) in [5, 5.41) is 0. The topological polar surface area (TPSA) is 0 Å². The zero-order valence-corrected chi connectivity index (χ0v) is 18.7. The number of allylic oxidation sites excluding steroid dienone is 2. The Kier molecular flexibility index (Phi) is 24.5. The van der Waals surface area contributed by atoms with Gasteiger partial charge in [0.05, 0.1) is 0 Å². The van der Waals surface area contributed by atoms with Gasteiger partial charge in [-0.15, -0.1) is 0 Å². The van der Waals surface area contributed by atoms with Crippen molar-refractivity contribution in [1.82, 2.24) is 0 Å². The van der Waals surface area contributed by atoms with E-state index in [4.69, 9.17) is 0 Å². The van der Waals surface area contributed by atoms with Crippen LogP contribution in [-0.2, 0) is 0 Å². The Morgan fingerprint density at radius 2 is 0.538 bits per heavy atom. The first-order valence-electron chi connectivity index (χ1n) is 12.6. The van der Waals surface area contributed by atoms with Gasteiger partial charge in [-0.25, -0.2) is 0 Å². The van der Waals surface area contributed by atoms with Crippen molar-refractivity contribution in [1.29, 1.82) is 0 Å². The Morgan fingerprint density at radius 3 is 0.808 bits per heavy atom. The van der Waals surface area contributed by atoms with Gasteiger partial charge in [-0.3, -0.25) is 0 Å². The minimum absolute atomic E-state index is 1.31. The minimum Gasteiger partial charge on any atom is -0.0885 e. The van der Waals surface area contributed by atoms with Crippen molar-refractivity contribution in [3.63, 3.8) is 0 Å². The summed E-state index contributed by atoms with van der Waals surface area (Å²) in [7, 11) is 0. The third-order valence-corrected chi connectivity index (χ3v) is 5.62. The second-order valence-electron chi connectivity index (χ2n) is 8.41. The van der Waals surface area contributed by atoms with E-state index in [0.717, 1.165) is 0 Å². The lowest BCUT2D eigenvalue weighted by Gasteiger charge is -2.02. The molecular formula is C26H52. The van der Waals surface area contributed by atoms with Gasteiger partial charge >= 0.3 is 0 Å². The van der Waals surface area contributed by atoms with Crippen molar-refractivity contribution >= 4 is 0 Å². The van der Waals surface area contributed by atoms with Crippen LogP contribution in [0, 0.1) is 0 Å². The van der Waals surface area contributed by atoms with Crippen molar-refractivity contribution in [2.75, 3.05) is 0 Å². The molecule has 0 aliphatic rings. The molecule has 0 aromatic heterocycles. The highest BCUT2D eigenvalue weighted by Crippen LogP contribution is 2.13. The number of hydrogen-bond donors (Lipinski definition) is 0. The minimum atomic E-state index is 1.31. The molecule has 0 nitrogen and oxygen atoms in total. The molecule has 0 saturated heterocycles. The predicted octanol–water partition coefficient (Wildman–Crippen LogP) is 10.2. The molecule has 26 heavy (non-hydrogen) atoms. The molecule has 0 rings (SSSR count). The molecule has 0 aromatic rings. The quantitative estimate of drug-likeness (QED) is 0.132. The normalized spacial score (nSPS) is 11.6. The molecule has 0 heterocycles. The van der Waals surface area contributed by atoms with Gasteiger partial charge in [0, 0.05) is 0 Å². The zero-order chi connectivity index (χ0) is 19.0. The van der Waals surface area contributed by atoms with Crippen molar-refractivity contribution in [2.24, 2.45) is 0 Å². The monoisotopic (exact) mass is 364 g/mol. The van der Waals surface area contributed by atoms with E-state index in [1.807, 2.05) is 0 Å². The fourth-order valence-electron chi connectivity index (χ4n) is 3.73. The van der Waals surface area contributed by atoms with Crippen molar-refractivity contribution in [2.45, 2.75) is 155 Å². The molecule has 0 bridgehead atoms. The number of unbranched alkanes of at least 4 members (excludes halogenated alkanes) is 20. The van der Waals surface area contributed by atoms with Crippen molar-refractivity contribution in [3.05, 3.63) is 12.2 Å². The summed E-state index contributed by atoms with van der Waals surface area (Å²) in [6.07, 6.45) is 36.4. The van der Waals surface area contributed by atoms with Gasteiger partial charge in [0.15, 0.2) is 0 Å². The van der Waals surface area contributed by atoms with Gasteiger partial charge in [0.1, 0.15) is 0 Å². The first-order valence-corrected chi connectivity index (χ1v) is 12.6. The molecule has 0 spiro atoms. The van der Waals surface area contributed by atoms with E-state index in [1.165, 1.54) is 141 Å². The smallest absolute Gasteiger partial charge is 0.0351 e. The Labute approximate surface area is 167 Å². The largest absolute Gasteiger partial charge is 0.0885 e. The van der Waals surface area contributed by atoms with Crippen LogP contribution in [0.5, 0.6) is 0 Å². The molecule has 0 unspecified atom stereocenters. The molecule has 0 fully saturated rings. The van der Waals surface area contributed by atoms with E-state index >= 15 is 0 Å². The average Bonchev–Trinajstić information content (AvgIpc) is 2.66. The third-order valence-electron chi connectivity index (χ3n) is 5.62. The van der Waals surface area contributed by atoms with Gasteiger partial charge in [-0.05, 0) is 25.7 Å². The second-order valence-corrected chi connectivity index (χ2v) is 8.41. The third kappa shape index (κ3) is 23.7. The van der Waals surface area contributed by atoms with Crippen LogP contribution in [0.4, 0.5) is 0 Å². The first-order chi connectivity index (χ1) is 12.9. The van der Waals surface area contributed by atoms with Gasteiger partial charge in [0.25, 0.3) is 0 Å². The number of rotatable bonds is 22. The SMILES string of the molecule is CCCCCCCC/C=C\CCCCCCCCCCCCCCCC. The Hall–Kier alpha value is -0.260. The Bertz CT molecular complexity index is 253. The highest BCUT2D eigenvalue weighted by Gasteiger charge is 1.94. The fourth-order valence-corrected chi connectivity index (χ4v) is 3.73. The van der Waals surface area contributed by atoms with Crippen LogP contribution in [-0.4, -0.2) is 0 Å². The molecule has 0 heteroatoms. The van der Waals surface area contributed by atoms with Crippen LogP contribution in [0.15, 0.2) is 12.2 Å². The summed E-state index contributed by atoms with van der Waals surface area (Å²) < 4.78 is 0. The second kappa shape index (κ2) is 24.7. The first kappa shape index (κ1) is 25.7. The molecule has 0 amide bonds. The summed E-state index contributed by atoms with van der Waals surface area (Å²) in [5.74, 6) is 0.